The van der Waals surface area contributed by atoms with Crippen LogP contribution in [0.25, 0.3) is 0 Å². The predicted octanol–water partition coefficient (Wildman–Crippen LogP) is 4.40. The van der Waals surface area contributed by atoms with Crippen LogP contribution in [-0.2, 0) is 6.42 Å². The topological polar surface area (TPSA) is 29.5 Å². The molecule has 0 radical (unpaired) electrons. The molecular formula is C21H30O2. The minimum Gasteiger partial charge on any atom is -0.497 e. The van der Waals surface area contributed by atoms with Gasteiger partial charge in [-0.15, -0.1) is 0 Å². The summed E-state index contributed by atoms with van der Waals surface area (Å²) in [5.41, 5.74) is 3.19. The molecule has 3 aliphatic rings. The molecule has 3 aliphatic carbocycles. The number of methoxy groups -OCH3 is 1. The van der Waals surface area contributed by atoms with Crippen molar-refractivity contribution in [3.05, 3.63) is 29.3 Å². The summed E-state index contributed by atoms with van der Waals surface area (Å²) in [6.45, 7) is 7.21. The van der Waals surface area contributed by atoms with E-state index in [1.807, 2.05) is 0 Å². The number of aliphatic hydroxyl groups is 1. The van der Waals surface area contributed by atoms with Crippen molar-refractivity contribution in [2.45, 2.75) is 58.5 Å². The third kappa shape index (κ3) is 2.10. The van der Waals surface area contributed by atoms with E-state index in [9.17, 15) is 5.11 Å². The second kappa shape index (κ2) is 5.24. The minimum absolute atomic E-state index is 0.0969. The first kappa shape index (κ1) is 15.5. The molecule has 1 N–H and O–H groups in total. The Labute approximate surface area is 140 Å². The fourth-order valence-corrected chi connectivity index (χ4v) is 6.57. The van der Waals surface area contributed by atoms with Crippen molar-refractivity contribution < 1.29 is 9.84 Å². The molecule has 0 heterocycles. The van der Waals surface area contributed by atoms with Gasteiger partial charge in [0.05, 0.1) is 13.2 Å². The van der Waals surface area contributed by atoms with Gasteiger partial charge in [0, 0.05) is 0 Å². The number of rotatable bonds is 1. The van der Waals surface area contributed by atoms with Crippen molar-refractivity contribution >= 4 is 0 Å². The van der Waals surface area contributed by atoms with E-state index in [0.29, 0.717) is 23.7 Å². The zero-order valence-corrected chi connectivity index (χ0v) is 14.9. The molecule has 7 atom stereocenters. The van der Waals surface area contributed by atoms with Gasteiger partial charge in [-0.1, -0.05) is 26.8 Å². The van der Waals surface area contributed by atoms with Crippen LogP contribution in [0.15, 0.2) is 18.2 Å². The van der Waals surface area contributed by atoms with Crippen molar-refractivity contribution in [1.82, 2.24) is 0 Å². The maximum absolute atomic E-state index is 10.6. The summed E-state index contributed by atoms with van der Waals surface area (Å²) in [6.07, 6.45) is 4.43. The van der Waals surface area contributed by atoms with E-state index < -0.39 is 0 Å². The standard InChI is InChI=1S/C21H30O2/c1-12-9-14-10-15(23-4)5-6-16(14)19-13(2)11-21(3)17(20(12)19)7-8-18(21)22/h5-6,10,12-13,17-20,22H,7-9,11H2,1-4H3/t12-,13+,17?,18?,19?,20?,21?/m1/s1. The molecule has 1 aromatic rings. The van der Waals surface area contributed by atoms with Crippen LogP contribution in [-0.4, -0.2) is 18.3 Å². The van der Waals surface area contributed by atoms with Crippen molar-refractivity contribution in [2.24, 2.45) is 29.1 Å². The van der Waals surface area contributed by atoms with E-state index in [2.05, 4.69) is 39.0 Å². The normalized spacial score (nSPS) is 45.1. The molecule has 2 nitrogen and oxygen atoms in total. The fourth-order valence-electron chi connectivity index (χ4n) is 6.57. The van der Waals surface area contributed by atoms with E-state index in [1.165, 1.54) is 12.0 Å². The second-order valence-electron chi connectivity index (χ2n) is 8.74. The van der Waals surface area contributed by atoms with Crippen LogP contribution in [0.4, 0.5) is 0 Å². The van der Waals surface area contributed by atoms with E-state index in [1.54, 1.807) is 12.7 Å². The Bertz CT molecular complexity index is 610. The quantitative estimate of drug-likeness (QED) is 0.832. The Balaban J connectivity index is 1.78. The number of aliphatic hydroxyl groups excluding tert-OH is 1. The molecule has 1 aromatic carbocycles. The molecule has 2 saturated carbocycles. The van der Waals surface area contributed by atoms with E-state index in [4.69, 9.17) is 4.74 Å². The molecule has 4 rings (SSSR count). The van der Waals surface area contributed by atoms with Gasteiger partial charge in [0.15, 0.2) is 0 Å². The van der Waals surface area contributed by atoms with E-state index in [-0.39, 0.29) is 11.5 Å². The van der Waals surface area contributed by atoms with Gasteiger partial charge >= 0.3 is 0 Å². The zero-order valence-electron chi connectivity index (χ0n) is 14.9. The van der Waals surface area contributed by atoms with Gasteiger partial charge < -0.3 is 9.84 Å². The number of ether oxygens (including phenoxy) is 1. The lowest BCUT2D eigenvalue weighted by Gasteiger charge is -2.55. The predicted molar refractivity (Wildman–Crippen MR) is 92.7 cm³/mol. The van der Waals surface area contributed by atoms with Crippen LogP contribution in [0.2, 0.25) is 0 Å². The van der Waals surface area contributed by atoms with Crippen LogP contribution >= 0.6 is 0 Å². The van der Waals surface area contributed by atoms with Gasteiger partial charge in [0.25, 0.3) is 0 Å². The molecule has 0 saturated heterocycles. The lowest BCUT2D eigenvalue weighted by Crippen LogP contribution is -2.49. The summed E-state index contributed by atoms with van der Waals surface area (Å²) in [7, 11) is 1.76. The summed E-state index contributed by atoms with van der Waals surface area (Å²) in [5.74, 6) is 4.38. The first-order valence-electron chi connectivity index (χ1n) is 9.30. The molecule has 0 spiro atoms. The maximum Gasteiger partial charge on any atom is 0.119 e. The minimum atomic E-state index is -0.0969. The number of benzene rings is 1. The molecular weight excluding hydrogens is 284 g/mol. The third-order valence-electron chi connectivity index (χ3n) is 7.52. The van der Waals surface area contributed by atoms with Gasteiger partial charge in [-0.05, 0) is 83.9 Å². The number of fused-ring (bicyclic) bond motifs is 5. The lowest BCUT2D eigenvalue weighted by atomic mass is 9.50. The molecule has 0 aromatic heterocycles. The third-order valence-corrected chi connectivity index (χ3v) is 7.52. The Morgan fingerprint density at radius 1 is 1.17 bits per heavy atom. The summed E-state index contributed by atoms with van der Waals surface area (Å²) in [5, 5.41) is 10.6. The molecule has 0 amide bonds. The van der Waals surface area contributed by atoms with Crippen LogP contribution in [0.1, 0.15) is 57.1 Å². The van der Waals surface area contributed by atoms with Crippen LogP contribution in [0.3, 0.4) is 0 Å². The summed E-state index contributed by atoms with van der Waals surface area (Å²) in [4.78, 5) is 0. The molecule has 2 heteroatoms. The van der Waals surface area contributed by atoms with Crippen molar-refractivity contribution in [1.29, 1.82) is 0 Å². The lowest BCUT2D eigenvalue weighted by molar-refractivity contribution is -0.0574. The molecule has 23 heavy (non-hydrogen) atoms. The Morgan fingerprint density at radius 3 is 2.70 bits per heavy atom. The monoisotopic (exact) mass is 314 g/mol. The van der Waals surface area contributed by atoms with Crippen molar-refractivity contribution in [3.63, 3.8) is 0 Å². The number of hydrogen-bond acceptors (Lipinski definition) is 2. The highest BCUT2D eigenvalue weighted by atomic mass is 16.5. The highest BCUT2D eigenvalue weighted by Gasteiger charge is 2.58. The molecule has 0 aliphatic heterocycles. The summed E-state index contributed by atoms with van der Waals surface area (Å²) >= 11 is 0. The average molecular weight is 314 g/mol. The first-order chi connectivity index (χ1) is 11.0. The maximum atomic E-state index is 10.6. The highest BCUT2D eigenvalue weighted by Crippen LogP contribution is 2.63. The molecule has 5 unspecified atom stereocenters. The number of hydrogen-bond donors (Lipinski definition) is 1. The van der Waals surface area contributed by atoms with Crippen molar-refractivity contribution in [3.8, 4) is 5.75 Å². The van der Waals surface area contributed by atoms with Gasteiger partial charge in [-0.25, -0.2) is 0 Å². The molecule has 2 fully saturated rings. The molecule has 126 valence electrons. The van der Waals surface area contributed by atoms with Crippen LogP contribution < -0.4 is 4.74 Å². The van der Waals surface area contributed by atoms with Gasteiger partial charge in [0.2, 0.25) is 0 Å². The summed E-state index contributed by atoms with van der Waals surface area (Å²) in [6, 6.07) is 6.71. The Kier molecular flexibility index (Phi) is 3.53. The van der Waals surface area contributed by atoms with Crippen LogP contribution in [0.5, 0.6) is 5.75 Å². The molecule has 0 bridgehead atoms. The van der Waals surface area contributed by atoms with Crippen LogP contribution in [0, 0.1) is 29.1 Å². The van der Waals surface area contributed by atoms with Gasteiger partial charge in [-0.2, -0.15) is 0 Å². The van der Waals surface area contributed by atoms with Crippen molar-refractivity contribution in [2.75, 3.05) is 7.11 Å². The van der Waals surface area contributed by atoms with Gasteiger partial charge in [-0.3, -0.25) is 0 Å². The Morgan fingerprint density at radius 2 is 1.96 bits per heavy atom. The van der Waals surface area contributed by atoms with E-state index >= 15 is 0 Å². The second-order valence-corrected chi connectivity index (χ2v) is 8.74. The highest BCUT2D eigenvalue weighted by molar-refractivity contribution is 5.41. The largest absolute Gasteiger partial charge is 0.497 e. The van der Waals surface area contributed by atoms with E-state index in [0.717, 1.165) is 30.9 Å². The average Bonchev–Trinajstić information content (AvgIpc) is 2.81. The first-order valence-corrected chi connectivity index (χ1v) is 9.30. The SMILES string of the molecule is COc1ccc2c(c1)C[C@@H](C)C1C2[C@@H](C)CC2(C)C(O)CCC12. The zero-order chi connectivity index (χ0) is 16.4. The fraction of sp³-hybridized carbons (Fsp3) is 0.714. The summed E-state index contributed by atoms with van der Waals surface area (Å²) < 4.78 is 5.44. The Hall–Kier alpha value is -1.02. The van der Waals surface area contributed by atoms with Gasteiger partial charge in [0.1, 0.15) is 5.75 Å². The smallest absolute Gasteiger partial charge is 0.119 e.